The molecular formula is C17H14FNO6S2. The molecule has 1 atom stereocenters. The molecular weight excluding hydrogens is 397 g/mol. The number of sulfonamides is 1. The highest BCUT2D eigenvalue weighted by Gasteiger charge is 2.44. The molecule has 2 aromatic rings. The van der Waals surface area contributed by atoms with E-state index in [2.05, 4.69) is 0 Å². The summed E-state index contributed by atoms with van der Waals surface area (Å²) < 4.78 is 45.4. The van der Waals surface area contributed by atoms with Gasteiger partial charge in [-0.3, -0.25) is 4.79 Å². The van der Waals surface area contributed by atoms with Gasteiger partial charge in [-0.15, -0.1) is 0 Å². The Kier molecular flexibility index (Phi) is 5.49. The molecule has 1 saturated heterocycles. The second-order valence-corrected chi connectivity index (χ2v) is 8.49. The van der Waals surface area contributed by atoms with E-state index in [0.717, 1.165) is 23.9 Å². The van der Waals surface area contributed by atoms with E-state index in [1.165, 1.54) is 30.3 Å². The molecule has 1 heterocycles. The largest absolute Gasteiger partial charge is 0.480 e. The summed E-state index contributed by atoms with van der Waals surface area (Å²) in [4.78, 5) is 23.1. The normalized spacial score (nSPS) is 18.3. The van der Waals surface area contributed by atoms with Crippen LogP contribution in [0.5, 0.6) is 11.5 Å². The van der Waals surface area contributed by atoms with Crippen LogP contribution in [0.25, 0.3) is 0 Å². The smallest absolute Gasteiger partial charge is 0.330 e. The molecule has 1 fully saturated rings. The van der Waals surface area contributed by atoms with Crippen molar-refractivity contribution in [2.24, 2.45) is 0 Å². The molecule has 2 aromatic carbocycles. The molecule has 1 aliphatic heterocycles. The molecule has 0 saturated carbocycles. The minimum absolute atomic E-state index is 0.0566. The van der Waals surface area contributed by atoms with Crippen LogP contribution in [-0.4, -0.2) is 47.3 Å². The summed E-state index contributed by atoms with van der Waals surface area (Å²) in [5, 5.41) is 8.57. The van der Waals surface area contributed by atoms with Crippen molar-refractivity contribution >= 4 is 32.9 Å². The summed E-state index contributed by atoms with van der Waals surface area (Å²) >= 11 is 0.785. The quantitative estimate of drug-likeness (QED) is 0.754. The third kappa shape index (κ3) is 3.97. The van der Waals surface area contributed by atoms with Gasteiger partial charge in [-0.2, -0.15) is 4.31 Å². The molecule has 142 valence electrons. The summed E-state index contributed by atoms with van der Waals surface area (Å²) in [7, 11) is -4.33. The third-order valence-electron chi connectivity index (χ3n) is 3.78. The maximum atomic E-state index is 13.1. The predicted octanol–water partition coefficient (Wildman–Crippen LogP) is 2.34. The fourth-order valence-corrected chi connectivity index (χ4v) is 5.27. The topological polar surface area (TPSA) is 101 Å². The van der Waals surface area contributed by atoms with Gasteiger partial charge in [0.05, 0.1) is 0 Å². The first-order valence-corrected chi connectivity index (χ1v) is 10.2. The molecule has 1 aliphatic rings. The number of rotatable bonds is 5. The lowest BCUT2D eigenvalue weighted by atomic mass is 10.3. The molecule has 3 rings (SSSR count). The fourth-order valence-electron chi connectivity index (χ4n) is 2.55. The number of para-hydroxylation sites is 1. The van der Waals surface area contributed by atoms with E-state index in [1.807, 2.05) is 0 Å². The number of hydrogen-bond acceptors (Lipinski definition) is 6. The second-order valence-electron chi connectivity index (χ2n) is 5.53. The summed E-state index contributed by atoms with van der Waals surface area (Å²) in [5.74, 6) is -1.70. The van der Waals surface area contributed by atoms with E-state index in [1.54, 1.807) is 6.07 Å². The van der Waals surface area contributed by atoms with Gasteiger partial charge in [0.2, 0.25) is 15.1 Å². The third-order valence-corrected chi connectivity index (χ3v) is 6.58. The number of aliphatic carboxylic acids is 1. The molecule has 0 aliphatic carbocycles. The molecule has 0 aromatic heterocycles. The van der Waals surface area contributed by atoms with Crippen LogP contribution in [0, 0.1) is 5.82 Å². The minimum atomic E-state index is -4.33. The highest BCUT2D eigenvalue weighted by atomic mass is 32.2. The summed E-state index contributed by atoms with van der Waals surface area (Å²) in [6, 6.07) is 8.85. The van der Waals surface area contributed by atoms with E-state index < -0.39 is 33.0 Å². The number of carboxylic acid groups (broad SMARTS) is 1. The standard InChI is InChI=1S/C17H14FNO6S2/c18-11-5-7-12(8-6-11)25-13-3-1-2-4-14(13)27(23,24)19-9-10-26-17(22)15(19)16(20)21/h1-8,15H,9-10H2,(H,20,21). The number of carbonyl (C=O) groups excluding carboxylic acids is 1. The Balaban J connectivity index is 2.00. The zero-order valence-corrected chi connectivity index (χ0v) is 15.4. The van der Waals surface area contributed by atoms with E-state index in [4.69, 9.17) is 4.74 Å². The van der Waals surface area contributed by atoms with Crippen LogP contribution in [-0.2, 0) is 19.6 Å². The number of hydrogen-bond donors (Lipinski definition) is 1. The Bertz CT molecular complexity index is 977. The van der Waals surface area contributed by atoms with Gasteiger partial charge in [-0.05, 0) is 36.4 Å². The first-order valence-electron chi connectivity index (χ1n) is 7.74. The molecule has 27 heavy (non-hydrogen) atoms. The van der Waals surface area contributed by atoms with E-state index >= 15 is 0 Å². The Labute approximate surface area is 158 Å². The van der Waals surface area contributed by atoms with Crippen molar-refractivity contribution in [3.05, 3.63) is 54.3 Å². The highest BCUT2D eigenvalue weighted by molar-refractivity contribution is 8.14. The number of ether oxygens (including phenoxy) is 1. The Morgan fingerprint density at radius 3 is 2.52 bits per heavy atom. The Hall–Kier alpha value is -2.43. The number of carbonyl (C=O) groups is 2. The first kappa shape index (κ1) is 19.3. The molecule has 1 N–H and O–H groups in total. The van der Waals surface area contributed by atoms with Crippen LogP contribution in [0.1, 0.15) is 0 Å². The Morgan fingerprint density at radius 2 is 1.85 bits per heavy atom. The Morgan fingerprint density at radius 1 is 1.19 bits per heavy atom. The highest BCUT2D eigenvalue weighted by Crippen LogP contribution is 2.33. The molecule has 0 spiro atoms. The van der Waals surface area contributed by atoms with Crippen LogP contribution in [0.2, 0.25) is 0 Å². The van der Waals surface area contributed by atoms with Gasteiger partial charge in [0.25, 0.3) is 0 Å². The fraction of sp³-hybridized carbons (Fsp3) is 0.176. The molecule has 0 amide bonds. The van der Waals surface area contributed by atoms with Crippen LogP contribution < -0.4 is 4.74 Å². The second kappa shape index (κ2) is 7.67. The number of halogens is 1. The lowest BCUT2D eigenvalue weighted by molar-refractivity contribution is -0.144. The van der Waals surface area contributed by atoms with Gasteiger partial charge in [0, 0.05) is 12.3 Å². The van der Waals surface area contributed by atoms with Gasteiger partial charge >= 0.3 is 5.97 Å². The van der Waals surface area contributed by atoms with Gasteiger partial charge in [-0.1, -0.05) is 23.9 Å². The number of thioether (sulfide) groups is 1. The predicted molar refractivity (Wildman–Crippen MR) is 95.7 cm³/mol. The SMILES string of the molecule is O=C(O)C1C(=O)SCCN1S(=O)(=O)c1ccccc1Oc1ccc(F)cc1. The maximum absolute atomic E-state index is 13.1. The van der Waals surface area contributed by atoms with Crippen LogP contribution in [0.4, 0.5) is 4.39 Å². The first-order chi connectivity index (χ1) is 12.8. The lowest BCUT2D eigenvalue weighted by Gasteiger charge is -2.30. The molecule has 1 unspecified atom stereocenters. The van der Waals surface area contributed by atoms with E-state index in [-0.39, 0.29) is 28.7 Å². The minimum Gasteiger partial charge on any atom is -0.480 e. The van der Waals surface area contributed by atoms with Gasteiger partial charge in [-0.25, -0.2) is 17.6 Å². The van der Waals surface area contributed by atoms with Gasteiger partial charge in [0.15, 0.2) is 6.04 Å². The van der Waals surface area contributed by atoms with Crippen molar-refractivity contribution in [1.82, 2.24) is 4.31 Å². The maximum Gasteiger partial charge on any atom is 0.330 e. The molecule has 10 heteroatoms. The van der Waals surface area contributed by atoms with Crippen molar-refractivity contribution in [3.63, 3.8) is 0 Å². The number of carboxylic acids is 1. The number of nitrogens with zero attached hydrogens (tertiary/aromatic N) is 1. The van der Waals surface area contributed by atoms with Crippen molar-refractivity contribution in [2.75, 3.05) is 12.3 Å². The average Bonchev–Trinajstić information content (AvgIpc) is 2.63. The van der Waals surface area contributed by atoms with Gasteiger partial charge < -0.3 is 9.84 Å². The van der Waals surface area contributed by atoms with E-state index in [0.29, 0.717) is 4.31 Å². The zero-order chi connectivity index (χ0) is 19.6. The zero-order valence-electron chi connectivity index (χ0n) is 13.7. The average molecular weight is 411 g/mol. The van der Waals surface area contributed by atoms with Crippen LogP contribution in [0.15, 0.2) is 53.4 Å². The summed E-state index contributed by atoms with van der Waals surface area (Å²) in [5.41, 5.74) is 0. The van der Waals surface area contributed by atoms with Crippen molar-refractivity contribution in [2.45, 2.75) is 10.9 Å². The number of benzene rings is 2. The van der Waals surface area contributed by atoms with Gasteiger partial charge in [0.1, 0.15) is 22.2 Å². The van der Waals surface area contributed by atoms with Crippen LogP contribution >= 0.6 is 11.8 Å². The van der Waals surface area contributed by atoms with E-state index in [9.17, 15) is 27.5 Å². The van der Waals surface area contributed by atoms with Crippen molar-refractivity contribution < 1.29 is 32.2 Å². The monoisotopic (exact) mass is 411 g/mol. The van der Waals surface area contributed by atoms with Crippen molar-refractivity contribution in [3.8, 4) is 11.5 Å². The van der Waals surface area contributed by atoms with Crippen molar-refractivity contribution in [1.29, 1.82) is 0 Å². The molecule has 7 nitrogen and oxygen atoms in total. The molecule has 0 bridgehead atoms. The summed E-state index contributed by atoms with van der Waals surface area (Å²) in [6.07, 6.45) is 0. The molecule has 0 radical (unpaired) electrons. The van der Waals surface area contributed by atoms with Crippen LogP contribution in [0.3, 0.4) is 0 Å². The lowest BCUT2D eigenvalue weighted by Crippen LogP contribution is -2.52. The summed E-state index contributed by atoms with van der Waals surface area (Å²) in [6.45, 7) is -0.124.